The number of carbonyl (C=O) groups excluding carboxylic acids is 3. The number of allylic oxidation sites excluding steroid dienone is 3. The van der Waals surface area contributed by atoms with Gasteiger partial charge in [-0.25, -0.2) is 0 Å². The quantitative estimate of drug-likeness (QED) is 0.0759. The molecule has 0 aromatic carbocycles. The molecule has 0 aliphatic carbocycles. The predicted molar refractivity (Wildman–Crippen MR) is 152 cm³/mol. The fourth-order valence-corrected chi connectivity index (χ4v) is 3.80. The average Bonchev–Trinajstić information content (AvgIpc) is 2.89. The van der Waals surface area contributed by atoms with Gasteiger partial charge in [-0.05, 0) is 78.9 Å². The van der Waals surface area contributed by atoms with Crippen molar-refractivity contribution in [2.75, 3.05) is 33.7 Å². The molecule has 1 rings (SSSR count). The molecule has 0 bridgehead atoms. The number of hydrogen-bond donors (Lipinski definition) is 0. The molecule has 0 aromatic heterocycles. The number of carbonyl (C=O) groups is 3. The van der Waals surface area contributed by atoms with E-state index in [-0.39, 0.29) is 31.6 Å². The van der Waals surface area contributed by atoms with Crippen LogP contribution in [0.15, 0.2) is 36.0 Å². The van der Waals surface area contributed by atoms with Crippen LogP contribution in [-0.2, 0) is 42.8 Å². The number of hydrogen-bond acceptors (Lipinski definition) is 9. The summed E-state index contributed by atoms with van der Waals surface area (Å²) in [6.07, 6.45) is 11.8. The van der Waals surface area contributed by atoms with Gasteiger partial charge in [-0.1, -0.05) is 24.3 Å². The van der Waals surface area contributed by atoms with Gasteiger partial charge in [0.1, 0.15) is 19.2 Å². The van der Waals surface area contributed by atoms with Crippen molar-refractivity contribution in [1.29, 1.82) is 0 Å². The highest BCUT2D eigenvalue weighted by Crippen LogP contribution is 2.24. The van der Waals surface area contributed by atoms with Crippen LogP contribution in [0.4, 0.5) is 0 Å². The molecule has 40 heavy (non-hydrogen) atoms. The highest BCUT2D eigenvalue weighted by Gasteiger charge is 2.29. The predicted octanol–water partition coefficient (Wildman–Crippen LogP) is 5.33. The van der Waals surface area contributed by atoms with Crippen LogP contribution in [0.25, 0.3) is 0 Å². The van der Waals surface area contributed by atoms with Crippen LogP contribution in [0.1, 0.15) is 74.1 Å². The molecule has 1 aliphatic rings. The fraction of sp³-hybridized carbons (Fsp3) is 0.710. The monoisotopic (exact) mass is 566 g/mol. The van der Waals surface area contributed by atoms with E-state index in [1.165, 1.54) is 14.0 Å². The van der Waals surface area contributed by atoms with E-state index < -0.39 is 29.0 Å². The van der Waals surface area contributed by atoms with Crippen molar-refractivity contribution in [2.45, 2.75) is 92.6 Å². The Bertz CT molecular complexity index is 861. The molecule has 1 saturated heterocycles. The first kappa shape index (κ1) is 35.7. The molecule has 0 aromatic rings. The Hall–Kier alpha value is -2.33. The van der Waals surface area contributed by atoms with Crippen LogP contribution in [0.3, 0.4) is 0 Å². The number of ether oxygens (including phenoxy) is 6. The summed E-state index contributed by atoms with van der Waals surface area (Å²) in [5.74, 6) is -1.17. The Labute approximate surface area is 240 Å². The average molecular weight is 567 g/mol. The molecule has 4 atom stereocenters. The number of rotatable bonds is 17. The highest BCUT2D eigenvalue weighted by atomic mass is 16.7. The first-order valence-corrected chi connectivity index (χ1v) is 13.9. The zero-order chi connectivity index (χ0) is 30.2. The molecule has 0 spiro atoms. The second-order valence-electron chi connectivity index (χ2n) is 11.8. The van der Waals surface area contributed by atoms with E-state index in [1.54, 1.807) is 52.8 Å². The molecule has 0 amide bonds. The van der Waals surface area contributed by atoms with Crippen LogP contribution in [0.2, 0.25) is 0 Å². The summed E-state index contributed by atoms with van der Waals surface area (Å²) in [6.45, 7) is 13.3. The van der Waals surface area contributed by atoms with Gasteiger partial charge in [-0.2, -0.15) is 0 Å². The summed E-state index contributed by atoms with van der Waals surface area (Å²) in [5, 5.41) is 0. The summed E-state index contributed by atoms with van der Waals surface area (Å²) in [4.78, 5) is 35.9. The van der Waals surface area contributed by atoms with Gasteiger partial charge in [0, 0.05) is 32.0 Å². The maximum atomic E-state index is 12.6. The Kier molecular flexibility index (Phi) is 16.2. The van der Waals surface area contributed by atoms with Crippen LogP contribution in [0.5, 0.6) is 0 Å². The van der Waals surface area contributed by atoms with Gasteiger partial charge in [0.2, 0.25) is 0 Å². The molecule has 0 saturated carbocycles. The van der Waals surface area contributed by atoms with Crippen LogP contribution in [0, 0.1) is 16.7 Å². The lowest BCUT2D eigenvalue weighted by Crippen LogP contribution is -2.34. The molecular weight excluding hydrogens is 516 g/mol. The maximum Gasteiger partial charge on any atom is 0.311 e. The summed E-state index contributed by atoms with van der Waals surface area (Å²) in [7, 11) is 1.52. The van der Waals surface area contributed by atoms with E-state index in [0.29, 0.717) is 19.6 Å². The van der Waals surface area contributed by atoms with Gasteiger partial charge >= 0.3 is 11.9 Å². The molecule has 1 heterocycles. The summed E-state index contributed by atoms with van der Waals surface area (Å²) in [6, 6.07) is 0. The third-order valence-electron chi connectivity index (χ3n) is 6.08. The molecule has 0 N–H and O–H groups in total. The lowest BCUT2D eigenvalue weighted by molar-refractivity contribution is -0.159. The number of methoxy groups -OCH3 is 1. The van der Waals surface area contributed by atoms with E-state index in [1.807, 2.05) is 19.1 Å². The van der Waals surface area contributed by atoms with E-state index in [4.69, 9.17) is 28.4 Å². The highest BCUT2D eigenvalue weighted by molar-refractivity contribution is 5.75. The van der Waals surface area contributed by atoms with E-state index in [2.05, 4.69) is 0 Å². The normalized spacial score (nSPS) is 19.4. The van der Waals surface area contributed by atoms with Crippen LogP contribution >= 0.6 is 0 Å². The molecule has 0 radical (unpaired) electrons. The SMILES string of the molecule is COCO[C@H](/C=C/C=C/C(C)(C)C=O)[C@@H](COC(=O)C(C)(C)C)CC(/C=C(\C)COC1CCCCO1)OC(C)=O. The van der Waals surface area contributed by atoms with Crippen LogP contribution in [-0.4, -0.2) is 70.4 Å². The van der Waals surface area contributed by atoms with Crippen molar-refractivity contribution < 1.29 is 42.8 Å². The zero-order valence-electron chi connectivity index (χ0n) is 25.6. The number of esters is 2. The molecule has 1 fully saturated rings. The fourth-order valence-electron chi connectivity index (χ4n) is 3.80. The second kappa shape index (κ2) is 18.2. The van der Waals surface area contributed by atoms with Gasteiger partial charge < -0.3 is 33.2 Å². The Balaban J connectivity index is 3.19. The van der Waals surface area contributed by atoms with Crippen molar-refractivity contribution in [2.24, 2.45) is 16.7 Å². The van der Waals surface area contributed by atoms with Gasteiger partial charge in [0.15, 0.2) is 6.29 Å². The Morgan fingerprint density at radius 3 is 2.38 bits per heavy atom. The van der Waals surface area contributed by atoms with Gasteiger partial charge in [0.25, 0.3) is 0 Å². The third kappa shape index (κ3) is 15.5. The van der Waals surface area contributed by atoms with Gasteiger partial charge in [-0.15, -0.1) is 0 Å². The minimum atomic E-state index is -0.684. The minimum absolute atomic E-state index is 0.00456. The van der Waals surface area contributed by atoms with Crippen molar-refractivity contribution >= 4 is 18.2 Å². The molecule has 2 unspecified atom stereocenters. The molecule has 1 aliphatic heterocycles. The molecule has 9 heteroatoms. The van der Waals surface area contributed by atoms with E-state index in [0.717, 1.165) is 31.1 Å². The second-order valence-corrected chi connectivity index (χ2v) is 11.8. The van der Waals surface area contributed by atoms with Gasteiger partial charge in [-0.3, -0.25) is 9.59 Å². The van der Waals surface area contributed by atoms with Crippen LogP contribution < -0.4 is 0 Å². The largest absolute Gasteiger partial charge is 0.465 e. The summed E-state index contributed by atoms with van der Waals surface area (Å²) >= 11 is 0. The van der Waals surface area contributed by atoms with Crippen molar-refractivity contribution in [1.82, 2.24) is 0 Å². The minimum Gasteiger partial charge on any atom is -0.465 e. The maximum absolute atomic E-state index is 12.6. The smallest absolute Gasteiger partial charge is 0.311 e. The van der Waals surface area contributed by atoms with Gasteiger partial charge in [0.05, 0.1) is 24.7 Å². The van der Waals surface area contributed by atoms with E-state index in [9.17, 15) is 14.4 Å². The van der Waals surface area contributed by atoms with Crippen molar-refractivity contribution in [3.05, 3.63) is 36.0 Å². The lowest BCUT2D eigenvalue weighted by Gasteiger charge is -2.29. The summed E-state index contributed by atoms with van der Waals surface area (Å²) in [5.41, 5.74) is -0.409. The summed E-state index contributed by atoms with van der Waals surface area (Å²) < 4.78 is 34.0. The molecule has 228 valence electrons. The first-order chi connectivity index (χ1) is 18.8. The lowest BCUT2D eigenvalue weighted by atomic mass is 9.93. The zero-order valence-corrected chi connectivity index (χ0v) is 25.6. The standard InChI is InChI=1S/C31H50O9/c1-23(19-37-28-14-10-12-16-36-28)17-26(40-24(2)33)18-25(20-38-29(34)30(3,4)5)27(39-22-35-8)13-9-11-15-31(6,7)21-32/h9,11,13,15,17,21,25-28H,10,12,14,16,18-20,22H2,1-8H3/b13-9+,15-11+,23-17+/t25-,26?,27-,28?/m1/s1. The topological polar surface area (TPSA) is 107 Å². The Morgan fingerprint density at radius 2 is 1.80 bits per heavy atom. The Morgan fingerprint density at radius 1 is 1.07 bits per heavy atom. The third-order valence-corrected chi connectivity index (χ3v) is 6.08. The first-order valence-electron chi connectivity index (χ1n) is 13.9. The molecular formula is C31H50O9. The van der Waals surface area contributed by atoms with E-state index >= 15 is 0 Å². The van der Waals surface area contributed by atoms with Crippen molar-refractivity contribution in [3.8, 4) is 0 Å². The molecule has 9 nitrogen and oxygen atoms in total. The van der Waals surface area contributed by atoms with Crippen molar-refractivity contribution in [3.63, 3.8) is 0 Å². The number of aldehydes is 1.